The summed E-state index contributed by atoms with van der Waals surface area (Å²) in [6, 6.07) is 12.9. The van der Waals surface area contributed by atoms with Crippen molar-refractivity contribution >= 4 is 103 Å². The van der Waals surface area contributed by atoms with Crippen molar-refractivity contribution in [2.24, 2.45) is 41.0 Å². The minimum absolute atomic E-state index is 0.229. The van der Waals surface area contributed by atoms with Gasteiger partial charge in [0.1, 0.15) is 48.0 Å². The maximum atomic E-state index is 13.0. The van der Waals surface area contributed by atoms with Gasteiger partial charge in [-0.05, 0) is 78.2 Å². The van der Waals surface area contributed by atoms with E-state index in [1.54, 1.807) is 30.3 Å². The number of fused-ring (bicyclic) bond motifs is 1. The van der Waals surface area contributed by atoms with Gasteiger partial charge in [-0.1, -0.05) is 18.2 Å². The van der Waals surface area contributed by atoms with Gasteiger partial charge in [-0.15, -0.1) is 25.4 Å². The Morgan fingerprint density at radius 2 is 1.05 bits per heavy atom. The number of phenolic OH excluding ortho intramolecular Hbond substituents is 2. The van der Waals surface area contributed by atoms with E-state index >= 15 is 0 Å². The number of carbonyl (C=O) groups is 1. The third-order valence-corrected chi connectivity index (χ3v) is 11.8. The van der Waals surface area contributed by atoms with E-state index in [-0.39, 0.29) is 11.4 Å². The molecule has 0 bridgehead atoms. The Morgan fingerprint density at radius 3 is 1.51 bits per heavy atom. The highest BCUT2D eigenvalue weighted by atomic mass is 32.2. The molecule has 29 heteroatoms. The normalized spacial score (nSPS) is 15.4. The molecule has 1 aliphatic heterocycles. The van der Waals surface area contributed by atoms with Crippen LogP contribution in [0.2, 0.25) is 0 Å². The monoisotopic (exact) mass is 917 g/mol. The molecule has 1 amide bonds. The molecule has 0 aromatic heterocycles. The standard InChI is InChI=1S/C32H23N9O16S4/c1-15-27(32(44)41(39-15)19-5-3-2-4-6-19)36-33-17-7-9-20(22(13-17)58(46,47)48)34-37-28-24(60(52,53)54)11-16-12-25(61(55,56)57)29(31(43)26(16)30(28)42)38-35-21-10-8-18(40-45)14-23(21)59(49,50)51/h2-14,27,42-43H,1H3,(H,46,47,48)(H,49,50,51)(H,52,53,54)(H,55,56,57). The van der Waals surface area contributed by atoms with Gasteiger partial charge in [0, 0.05) is 0 Å². The van der Waals surface area contributed by atoms with Crippen LogP contribution in [0.25, 0.3) is 10.8 Å². The summed E-state index contributed by atoms with van der Waals surface area (Å²) in [5, 5.41) is 50.5. The topological polar surface area (TPSA) is 394 Å². The van der Waals surface area contributed by atoms with Gasteiger partial charge in [0.05, 0.1) is 22.5 Å². The van der Waals surface area contributed by atoms with Crippen molar-refractivity contribution in [2.75, 3.05) is 5.01 Å². The summed E-state index contributed by atoms with van der Waals surface area (Å²) in [6.07, 6.45) is 0. The van der Waals surface area contributed by atoms with E-state index in [0.29, 0.717) is 23.9 Å². The van der Waals surface area contributed by atoms with E-state index in [4.69, 9.17) is 0 Å². The van der Waals surface area contributed by atoms with Crippen LogP contribution >= 0.6 is 0 Å². The van der Waals surface area contributed by atoms with Crippen LogP contribution in [0.3, 0.4) is 0 Å². The SMILES string of the molecule is CC1=NN(c2ccccc2)C(=O)C1N=Nc1ccc(N=Nc2c(S(=O)(=O)O)cc3cc(S(=O)(=O)O)c(N=Nc4ccc(N=O)cc4S(=O)(=O)O)c(O)c3c2O)c(S(=O)(=O)O)c1. The third kappa shape index (κ3) is 9.02. The number of carbonyl (C=O) groups excluding carboxylic acids is 1. The first-order chi connectivity index (χ1) is 28.4. The van der Waals surface area contributed by atoms with Crippen LogP contribution in [0.1, 0.15) is 6.92 Å². The maximum Gasteiger partial charge on any atom is 0.296 e. The van der Waals surface area contributed by atoms with Crippen LogP contribution in [-0.2, 0) is 45.3 Å². The zero-order chi connectivity index (χ0) is 44.8. The second kappa shape index (κ2) is 16.0. The lowest BCUT2D eigenvalue weighted by Crippen LogP contribution is -2.29. The molecule has 5 aromatic rings. The number of hydrogen-bond acceptors (Lipinski definition) is 20. The Balaban J connectivity index is 1.46. The summed E-state index contributed by atoms with van der Waals surface area (Å²) < 4.78 is 138. The van der Waals surface area contributed by atoms with Crippen molar-refractivity contribution in [2.45, 2.75) is 32.5 Å². The number of nitroso groups, excluding NO2 is 1. The molecule has 1 atom stereocenters. The van der Waals surface area contributed by atoms with Gasteiger partial charge < -0.3 is 10.2 Å². The molecule has 25 nitrogen and oxygen atoms in total. The number of nitrogens with zero attached hydrogens (tertiary/aromatic N) is 9. The molecule has 6 N–H and O–H groups in total. The summed E-state index contributed by atoms with van der Waals surface area (Å²) >= 11 is 0. The quantitative estimate of drug-likeness (QED) is 0.0451. The summed E-state index contributed by atoms with van der Waals surface area (Å²) in [5.74, 6) is -3.42. The van der Waals surface area contributed by atoms with Gasteiger partial charge in [0.2, 0.25) is 0 Å². The van der Waals surface area contributed by atoms with E-state index in [2.05, 4.69) is 41.0 Å². The lowest BCUT2D eigenvalue weighted by molar-refractivity contribution is -0.117. The summed E-state index contributed by atoms with van der Waals surface area (Å²) in [6.45, 7) is 1.50. The van der Waals surface area contributed by atoms with E-state index in [1.807, 2.05) is 0 Å². The van der Waals surface area contributed by atoms with Crippen molar-refractivity contribution in [1.29, 1.82) is 0 Å². The van der Waals surface area contributed by atoms with Gasteiger partial charge >= 0.3 is 0 Å². The van der Waals surface area contributed by atoms with Gasteiger partial charge in [-0.2, -0.15) is 54.0 Å². The predicted molar refractivity (Wildman–Crippen MR) is 209 cm³/mol. The van der Waals surface area contributed by atoms with Gasteiger partial charge in [-0.3, -0.25) is 23.0 Å². The van der Waals surface area contributed by atoms with Crippen molar-refractivity contribution in [1.82, 2.24) is 0 Å². The molecular formula is C32H23N9O16S4. The van der Waals surface area contributed by atoms with Crippen LogP contribution in [0, 0.1) is 4.91 Å². The number of hydrogen-bond donors (Lipinski definition) is 6. The minimum atomic E-state index is -5.48. The molecule has 5 aromatic carbocycles. The second-order valence-corrected chi connectivity index (χ2v) is 17.8. The average Bonchev–Trinajstić information content (AvgIpc) is 3.46. The maximum absolute atomic E-state index is 13.0. The first-order valence-electron chi connectivity index (χ1n) is 16.2. The fourth-order valence-corrected chi connectivity index (χ4v) is 8.13. The molecule has 0 saturated carbocycles. The fourth-order valence-electron chi connectivity index (χ4n) is 5.53. The number of anilines is 1. The summed E-state index contributed by atoms with van der Waals surface area (Å²) in [4.78, 5) is 19.2. The first-order valence-corrected chi connectivity index (χ1v) is 21.9. The van der Waals surface area contributed by atoms with Crippen LogP contribution in [-0.4, -0.2) is 79.8 Å². The molecule has 0 spiro atoms. The molecule has 316 valence electrons. The number of para-hydroxylation sites is 1. The predicted octanol–water partition coefficient (Wildman–Crippen LogP) is 6.34. The molecule has 0 fully saturated rings. The van der Waals surface area contributed by atoms with Crippen molar-refractivity contribution < 1.29 is 66.9 Å². The highest BCUT2D eigenvalue weighted by molar-refractivity contribution is 7.86. The van der Waals surface area contributed by atoms with Gasteiger partial charge in [-0.25, -0.2) is 0 Å². The van der Waals surface area contributed by atoms with Crippen molar-refractivity contribution in [3.63, 3.8) is 0 Å². The van der Waals surface area contributed by atoms with E-state index < -0.39 is 123 Å². The van der Waals surface area contributed by atoms with Crippen LogP contribution in [0.15, 0.2) is 139 Å². The highest BCUT2D eigenvalue weighted by Gasteiger charge is 2.35. The zero-order valence-corrected chi connectivity index (χ0v) is 33.3. The van der Waals surface area contributed by atoms with Crippen LogP contribution in [0.5, 0.6) is 11.5 Å². The van der Waals surface area contributed by atoms with Crippen LogP contribution in [0.4, 0.5) is 39.8 Å². The Morgan fingerprint density at radius 1 is 0.590 bits per heavy atom. The molecule has 6 rings (SSSR count). The number of aromatic hydroxyl groups is 2. The molecular weight excluding hydrogens is 895 g/mol. The summed E-state index contributed by atoms with van der Waals surface area (Å²) in [7, 11) is -21.3. The van der Waals surface area contributed by atoms with Gasteiger partial charge in [0.15, 0.2) is 17.5 Å². The third-order valence-electron chi connectivity index (χ3n) is 8.26. The Bertz CT molecular complexity index is 3290. The highest BCUT2D eigenvalue weighted by Crippen LogP contribution is 2.50. The Hall–Kier alpha value is -6.86. The van der Waals surface area contributed by atoms with E-state index in [9.17, 15) is 71.8 Å². The van der Waals surface area contributed by atoms with E-state index in [0.717, 1.165) is 35.3 Å². The lowest BCUT2D eigenvalue weighted by atomic mass is 10.1. The molecule has 1 unspecified atom stereocenters. The molecule has 0 radical (unpaired) electrons. The van der Waals surface area contributed by atoms with Crippen LogP contribution < -0.4 is 5.01 Å². The number of phenols is 2. The van der Waals surface area contributed by atoms with Gasteiger partial charge in [0.25, 0.3) is 46.4 Å². The summed E-state index contributed by atoms with van der Waals surface area (Å²) in [5.41, 5.74) is -4.11. The number of amides is 1. The molecule has 1 aliphatic rings. The molecule has 0 aliphatic carbocycles. The first kappa shape index (κ1) is 43.7. The van der Waals surface area contributed by atoms with Crippen molar-refractivity contribution in [3.8, 4) is 11.5 Å². The lowest BCUT2D eigenvalue weighted by Gasteiger charge is -2.13. The molecule has 0 saturated heterocycles. The number of benzene rings is 5. The largest absolute Gasteiger partial charge is 0.505 e. The Kier molecular flexibility index (Phi) is 11.4. The number of rotatable bonds is 12. The molecule has 61 heavy (non-hydrogen) atoms. The fraction of sp³-hybridized carbons (Fsp3) is 0.0625. The van der Waals surface area contributed by atoms with E-state index in [1.165, 1.54) is 6.92 Å². The smallest absolute Gasteiger partial charge is 0.296 e. The average molecular weight is 918 g/mol. The zero-order valence-electron chi connectivity index (χ0n) is 30.0. The molecule has 1 heterocycles. The number of azo groups is 3. The second-order valence-electron chi connectivity index (χ2n) is 12.3. The van der Waals surface area contributed by atoms with Crippen molar-refractivity contribution in [3.05, 3.63) is 83.8 Å². The number of hydrazone groups is 1. The Labute approximate surface area is 342 Å². The minimum Gasteiger partial charge on any atom is -0.505 e.